The quantitative estimate of drug-likeness (QED) is 0.566. The van der Waals surface area contributed by atoms with Crippen LogP contribution in [0.5, 0.6) is 0 Å². The number of carbonyl (C=O) groups excluding carboxylic acids is 1. The number of pyridine rings is 1. The van der Waals surface area contributed by atoms with Crippen molar-refractivity contribution in [1.29, 1.82) is 0 Å². The van der Waals surface area contributed by atoms with Gasteiger partial charge in [-0.25, -0.2) is 0 Å². The second-order valence-corrected chi connectivity index (χ2v) is 6.81. The van der Waals surface area contributed by atoms with E-state index in [0.29, 0.717) is 6.29 Å². The lowest BCUT2D eigenvalue weighted by Gasteiger charge is -2.13. The number of nitrogens with one attached hydrogen (secondary N) is 1. The highest BCUT2D eigenvalue weighted by Gasteiger charge is 2.30. The largest absolute Gasteiger partial charge is 0.362 e. The normalized spacial score (nSPS) is 11.6. The maximum absolute atomic E-state index is 13.2. The van der Waals surface area contributed by atoms with Gasteiger partial charge in [0.1, 0.15) is 5.69 Å². The average molecular weight is 399 g/mol. The lowest BCUT2D eigenvalue weighted by atomic mass is 10.2. The van der Waals surface area contributed by atoms with E-state index >= 15 is 0 Å². The van der Waals surface area contributed by atoms with Gasteiger partial charge in [-0.05, 0) is 36.7 Å². The molecule has 0 spiro atoms. The minimum Gasteiger partial charge on any atom is -0.319 e. The van der Waals surface area contributed by atoms with Crippen LogP contribution in [-0.2, 0) is 5.38 Å². The van der Waals surface area contributed by atoms with Crippen LogP contribution >= 0.6 is 46.6 Å². The lowest BCUT2D eigenvalue weighted by molar-refractivity contribution is 0.0894. The van der Waals surface area contributed by atoms with Gasteiger partial charge >= 0.3 is 5.38 Å². The van der Waals surface area contributed by atoms with Crippen molar-refractivity contribution in [1.82, 2.24) is 4.98 Å². The smallest absolute Gasteiger partial charge is 0.319 e. The van der Waals surface area contributed by atoms with E-state index in [2.05, 4.69) is 0 Å². The van der Waals surface area contributed by atoms with Crippen LogP contribution in [0.3, 0.4) is 0 Å². The minimum absolute atomic E-state index is 0.0800. The van der Waals surface area contributed by atoms with Gasteiger partial charge in [-0.2, -0.15) is 8.78 Å². The highest BCUT2D eigenvalue weighted by molar-refractivity contribution is 7.99. The molecule has 0 saturated heterocycles. The molecule has 0 aliphatic heterocycles. The molecule has 23 heavy (non-hydrogen) atoms. The first-order valence-electron chi connectivity index (χ1n) is 6.07. The van der Waals surface area contributed by atoms with Crippen molar-refractivity contribution >= 4 is 52.9 Å². The highest BCUT2D eigenvalue weighted by Crippen LogP contribution is 2.42. The molecule has 0 aliphatic carbocycles. The first-order valence-corrected chi connectivity index (χ1v) is 8.02. The topological polar surface area (TPSA) is 49.9 Å². The van der Waals surface area contributed by atoms with E-state index in [4.69, 9.17) is 34.8 Å². The van der Waals surface area contributed by atoms with E-state index in [1.54, 1.807) is 0 Å². The summed E-state index contributed by atoms with van der Waals surface area (Å²) in [5.74, 6) is 0. The van der Waals surface area contributed by atoms with Crippen molar-refractivity contribution in [2.24, 2.45) is 0 Å². The van der Waals surface area contributed by atoms with Gasteiger partial charge in [0.25, 0.3) is 5.56 Å². The maximum atomic E-state index is 13.2. The predicted octanol–water partition coefficient (Wildman–Crippen LogP) is 5.24. The molecule has 122 valence electrons. The molecule has 3 nitrogen and oxygen atoms in total. The Morgan fingerprint density at radius 3 is 2.52 bits per heavy atom. The first kappa shape index (κ1) is 18.3. The summed E-state index contributed by atoms with van der Waals surface area (Å²) < 4.78 is 26.5. The predicted molar refractivity (Wildman–Crippen MR) is 87.5 cm³/mol. The zero-order valence-electron chi connectivity index (χ0n) is 11.4. The van der Waals surface area contributed by atoms with Crippen LogP contribution < -0.4 is 5.56 Å². The molecule has 0 amide bonds. The Morgan fingerprint density at radius 2 is 1.96 bits per heavy atom. The lowest BCUT2D eigenvalue weighted by Crippen LogP contribution is -2.18. The van der Waals surface area contributed by atoms with Gasteiger partial charge in [-0.15, -0.1) is 0 Å². The van der Waals surface area contributed by atoms with Crippen molar-refractivity contribution in [2.75, 3.05) is 0 Å². The molecule has 2 rings (SSSR count). The highest BCUT2D eigenvalue weighted by atomic mass is 35.5. The minimum atomic E-state index is -3.72. The number of carbonyl (C=O) groups is 1. The summed E-state index contributed by atoms with van der Waals surface area (Å²) in [5.41, 5.74) is -1.05. The number of hydrogen-bond donors (Lipinski definition) is 1. The van der Waals surface area contributed by atoms with Crippen molar-refractivity contribution in [3.63, 3.8) is 0 Å². The van der Waals surface area contributed by atoms with Crippen LogP contribution in [0.1, 0.15) is 21.6 Å². The Hall–Kier alpha value is -1.08. The molecule has 9 heteroatoms. The summed E-state index contributed by atoms with van der Waals surface area (Å²) in [5, 5.41) is -3.42. The monoisotopic (exact) mass is 397 g/mol. The van der Waals surface area contributed by atoms with Gasteiger partial charge in [-0.1, -0.05) is 35.0 Å². The van der Waals surface area contributed by atoms with Crippen LogP contribution in [0.2, 0.25) is 10.0 Å². The van der Waals surface area contributed by atoms with E-state index in [1.807, 2.05) is 4.98 Å². The number of hydrogen-bond acceptors (Lipinski definition) is 3. The van der Waals surface area contributed by atoms with E-state index < -0.39 is 16.6 Å². The van der Waals surface area contributed by atoms with Gasteiger partial charge < -0.3 is 4.98 Å². The Kier molecular flexibility index (Phi) is 5.41. The number of aldehydes is 1. The van der Waals surface area contributed by atoms with Gasteiger partial charge in [0.05, 0.1) is 14.9 Å². The second-order valence-electron chi connectivity index (χ2n) is 4.50. The average Bonchev–Trinajstić information content (AvgIpc) is 2.46. The fourth-order valence-electron chi connectivity index (χ4n) is 1.70. The molecule has 0 bridgehead atoms. The summed E-state index contributed by atoms with van der Waals surface area (Å²) in [6.07, 6.45) is 0.547. The van der Waals surface area contributed by atoms with Gasteiger partial charge in [0.15, 0.2) is 6.29 Å². The summed E-state index contributed by atoms with van der Waals surface area (Å²) in [6, 6.07) is 3.94. The number of H-pyrrole nitrogens is 1. The van der Waals surface area contributed by atoms with E-state index in [9.17, 15) is 18.4 Å². The van der Waals surface area contributed by atoms with E-state index in [1.165, 1.54) is 19.1 Å². The first-order chi connectivity index (χ1) is 10.6. The molecule has 0 saturated carbocycles. The molecular formula is C14H8Cl3F2NO2S. The maximum Gasteiger partial charge on any atom is 0.362 e. The summed E-state index contributed by atoms with van der Waals surface area (Å²) in [4.78, 5) is 25.3. The Bertz CT molecular complexity index is 834. The fourth-order valence-corrected chi connectivity index (χ4v) is 3.47. The zero-order valence-corrected chi connectivity index (χ0v) is 14.5. The Labute approximate surface area is 148 Å². The van der Waals surface area contributed by atoms with Crippen molar-refractivity contribution in [3.05, 3.63) is 55.4 Å². The van der Waals surface area contributed by atoms with Crippen molar-refractivity contribution in [3.8, 4) is 0 Å². The summed E-state index contributed by atoms with van der Waals surface area (Å²) in [7, 11) is 0. The van der Waals surface area contributed by atoms with Gasteiger partial charge in [0.2, 0.25) is 0 Å². The molecule has 0 aliphatic rings. The second kappa shape index (κ2) is 6.81. The van der Waals surface area contributed by atoms with Crippen molar-refractivity contribution in [2.45, 2.75) is 22.1 Å². The summed E-state index contributed by atoms with van der Waals surface area (Å²) >= 11 is 18.0. The molecule has 0 radical (unpaired) electrons. The number of aromatic nitrogens is 1. The molecule has 0 atom stereocenters. The van der Waals surface area contributed by atoms with Crippen LogP contribution in [0.15, 0.2) is 32.8 Å². The number of alkyl halides is 3. The van der Waals surface area contributed by atoms with Crippen LogP contribution in [0, 0.1) is 6.92 Å². The molecular weight excluding hydrogens is 391 g/mol. The van der Waals surface area contributed by atoms with Gasteiger partial charge in [0, 0.05) is 16.0 Å². The Balaban J connectivity index is 2.59. The van der Waals surface area contributed by atoms with Gasteiger partial charge in [-0.3, -0.25) is 9.59 Å². The number of rotatable bonds is 4. The summed E-state index contributed by atoms with van der Waals surface area (Å²) in [6.45, 7) is 1.46. The third-order valence-corrected chi connectivity index (χ3v) is 5.38. The van der Waals surface area contributed by atoms with Crippen LogP contribution in [0.4, 0.5) is 8.78 Å². The van der Waals surface area contributed by atoms with Crippen LogP contribution in [0.25, 0.3) is 0 Å². The Morgan fingerprint density at radius 1 is 1.30 bits per heavy atom. The fraction of sp³-hybridized carbons (Fsp3) is 0.143. The SMILES string of the molecule is Cc1c(Sc2c(Cl)ccc(C=O)c2Cl)cc(C(F)(F)Cl)[nH]c1=O. The zero-order chi connectivity index (χ0) is 17.4. The van der Waals surface area contributed by atoms with Crippen molar-refractivity contribution < 1.29 is 13.6 Å². The molecule has 1 aromatic carbocycles. The molecule has 0 unspecified atom stereocenters. The van der Waals surface area contributed by atoms with E-state index in [-0.39, 0.29) is 31.0 Å². The standard InChI is InChI=1S/C14H8Cl3F2NO2S/c1-6-9(4-10(14(17,18)19)20-13(6)22)23-12-8(15)3-2-7(5-21)11(12)16/h2-5H,1H3,(H,20,22). The molecule has 1 heterocycles. The molecule has 0 fully saturated rings. The number of benzene rings is 1. The van der Waals surface area contributed by atoms with E-state index in [0.717, 1.165) is 17.8 Å². The molecule has 2 aromatic rings. The third kappa shape index (κ3) is 3.88. The number of halogens is 5. The third-order valence-electron chi connectivity index (χ3n) is 2.96. The molecule has 1 N–H and O–H groups in total. The molecule has 1 aromatic heterocycles. The number of aromatic amines is 1. The van der Waals surface area contributed by atoms with Crippen LogP contribution in [-0.4, -0.2) is 11.3 Å².